The van der Waals surface area contributed by atoms with Crippen LogP contribution in [0, 0.1) is 5.92 Å². The van der Waals surface area contributed by atoms with Crippen molar-refractivity contribution >= 4 is 21.7 Å². The number of rotatable bonds is 4. The lowest BCUT2D eigenvalue weighted by atomic mass is 9.87. The van der Waals surface area contributed by atoms with Crippen molar-refractivity contribution in [2.45, 2.75) is 43.5 Å². The van der Waals surface area contributed by atoms with Crippen molar-refractivity contribution in [1.29, 1.82) is 0 Å². The van der Waals surface area contributed by atoms with E-state index in [0.29, 0.717) is 11.6 Å². The summed E-state index contributed by atoms with van der Waals surface area (Å²) in [5, 5.41) is 17.5. The van der Waals surface area contributed by atoms with Gasteiger partial charge in [0.1, 0.15) is 0 Å². The van der Waals surface area contributed by atoms with Gasteiger partial charge in [0.25, 0.3) is 0 Å². The number of anilines is 1. The van der Waals surface area contributed by atoms with Gasteiger partial charge in [0.15, 0.2) is 0 Å². The Morgan fingerprint density at radius 1 is 1.38 bits per heavy atom. The van der Waals surface area contributed by atoms with Gasteiger partial charge in [0, 0.05) is 11.7 Å². The SMILES string of the molecule is CC1CCCC(Nc2ccc(S(N)(=O)=O)cc2C(=O)O)C1. The zero-order chi connectivity index (χ0) is 15.6. The van der Waals surface area contributed by atoms with Gasteiger partial charge in [-0.3, -0.25) is 0 Å². The van der Waals surface area contributed by atoms with Gasteiger partial charge in [-0.2, -0.15) is 0 Å². The number of sulfonamides is 1. The second-order valence-electron chi connectivity index (χ2n) is 5.67. The average Bonchev–Trinajstić information content (AvgIpc) is 2.37. The Morgan fingerprint density at radius 3 is 2.67 bits per heavy atom. The maximum Gasteiger partial charge on any atom is 0.337 e. The van der Waals surface area contributed by atoms with E-state index < -0.39 is 16.0 Å². The Morgan fingerprint density at radius 2 is 2.10 bits per heavy atom. The first kappa shape index (κ1) is 15.8. The topological polar surface area (TPSA) is 109 Å². The highest BCUT2D eigenvalue weighted by molar-refractivity contribution is 7.89. The van der Waals surface area contributed by atoms with Gasteiger partial charge in [0.05, 0.1) is 10.5 Å². The molecule has 0 amide bonds. The summed E-state index contributed by atoms with van der Waals surface area (Å²) in [5.41, 5.74) is 0.369. The Labute approximate surface area is 124 Å². The van der Waals surface area contributed by atoms with Crippen molar-refractivity contribution in [2.24, 2.45) is 11.1 Å². The zero-order valence-corrected chi connectivity index (χ0v) is 12.7. The fourth-order valence-electron chi connectivity index (χ4n) is 2.79. The van der Waals surface area contributed by atoms with Crippen molar-refractivity contribution in [3.05, 3.63) is 23.8 Å². The van der Waals surface area contributed by atoms with E-state index in [2.05, 4.69) is 12.2 Å². The van der Waals surface area contributed by atoms with Crippen LogP contribution < -0.4 is 10.5 Å². The van der Waals surface area contributed by atoms with E-state index in [1.807, 2.05) is 0 Å². The van der Waals surface area contributed by atoms with Gasteiger partial charge < -0.3 is 10.4 Å². The molecule has 1 aromatic rings. The van der Waals surface area contributed by atoms with Gasteiger partial charge in [-0.1, -0.05) is 19.8 Å². The molecular weight excluding hydrogens is 292 g/mol. The first-order chi connectivity index (χ1) is 9.77. The Kier molecular flexibility index (Phi) is 4.53. The third-order valence-corrected chi connectivity index (χ3v) is 4.76. The van der Waals surface area contributed by atoms with E-state index in [-0.39, 0.29) is 16.5 Å². The highest BCUT2D eigenvalue weighted by atomic mass is 32.2. The minimum atomic E-state index is -3.91. The van der Waals surface area contributed by atoms with Crippen LogP contribution in [0.5, 0.6) is 0 Å². The number of primary sulfonamides is 1. The second-order valence-corrected chi connectivity index (χ2v) is 7.23. The molecule has 0 aromatic heterocycles. The molecule has 4 N–H and O–H groups in total. The molecule has 7 heteroatoms. The number of aromatic carboxylic acids is 1. The molecule has 2 rings (SSSR count). The summed E-state index contributed by atoms with van der Waals surface area (Å²) in [6.07, 6.45) is 4.27. The van der Waals surface area contributed by atoms with Crippen molar-refractivity contribution in [1.82, 2.24) is 0 Å². The van der Waals surface area contributed by atoms with Crippen molar-refractivity contribution in [3.63, 3.8) is 0 Å². The summed E-state index contributed by atoms with van der Waals surface area (Å²) >= 11 is 0. The zero-order valence-electron chi connectivity index (χ0n) is 11.9. The molecule has 0 spiro atoms. The number of hydrogen-bond acceptors (Lipinski definition) is 4. The minimum absolute atomic E-state index is 0.0697. The van der Waals surface area contributed by atoms with Crippen molar-refractivity contribution in [3.8, 4) is 0 Å². The van der Waals surface area contributed by atoms with Crippen molar-refractivity contribution < 1.29 is 18.3 Å². The molecule has 1 aromatic carbocycles. The summed E-state index contributed by atoms with van der Waals surface area (Å²) in [5.74, 6) is -0.569. The molecule has 2 atom stereocenters. The Bertz CT molecular complexity index is 642. The number of nitrogens with one attached hydrogen (secondary N) is 1. The first-order valence-corrected chi connectivity index (χ1v) is 8.48. The number of carboxylic acids is 1. The number of benzene rings is 1. The number of carbonyl (C=O) groups is 1. The monoisotopic (exact) mass is 312 g/mol. The fourth-order valence-corrected chi connectivity index (χ4v) is 3.33. The average molecular weight is 312 g/mol. The lowest BCUT2D eigenvalue weighted by Gasteiger charge is -2.28. The molecule has 1 aliphatic carbocycles. The summed E-state index contributed by atoms with van der Waals surface area (Å²) in [7, 11) is -3.91. The van der Waals surface area contributed by atoms with E-state index in [1.54, 1.807) is 0 Å². The Hall–Kier alpha value is -1.60. The van der Waals surface area contributed by atoms with E-state index in [9.17, 15) is 18.3 Å². The smallest absolute Gasteiger partial charge is 0.337 e. The summed E-state index contributed by atoms with van der Waals surface area (Å²) in [4.78, 5) is 11.1. The standard InChI is InChI=1S/C14H20N2O4S/c1-9-3-2-4-10(7-9)16-13-6-5-11(21(15,19)20)8-12(13)14(17)18/h5-6,8-10,16H,2-4,7H2,1H3,(H,17,18)(H2,15,19,20). The number of nitrogens with two attached hydrogens (primary N) is 1. The van der Waals surface area contributed by atoms with Crippen molar-refractivity contribution in [2.75, 3.05) is 5.32 Å². The maximum absolute atomic E-state index is 11.3. The highest BCUT2D eigenvalue weighted by Gasteiger charge is 2.22. The van der Waals surface area contributed by atoms with Gasteiger partial charge in [-0.15, -0.1) is 0 Å². The van der Waals surface area contributed by atoms with E-state index in [4.69, 9.17) is 5.14 Å². The largest absolute Gasteiger partial charge is 0.478 e. The molecule has 1 fully saturated rings. The van der Waals surface area contributed by atoms with Crippen LogP contribution in [-0.4, -0.2) is 25.5 Å². The molecule has 0 heterocycles. The van der Waals surface area contributed by atoms with Crippen LogP contribution in [0.2, 0.25) is 0 Å². The normalized spacial score (nSPS) is 22.8. The molecule has 116 valence electrons. The molecule has 0 radical (unpaired) electrons. The molecule has 2 unspecified atom stereocenters. The van der Waals surface area contributed by atoms with Gasteiger partial charge in [-0.05, 0) is 37.0 Å². The minimum Gasteiger partial charge on any atom is -0.478 e. The first-order valence-electron chi connectivity index (χ1n) is 6.94. The second kappa shape index (κ2) is 6.03. The molecule has 21 heavy (non-hydrogen) atoms. The summed E-state index contributed by atoms with van der Waals surface area (Å²) in [6.45, 7) is 2.18. The third kappa shape index (κ3) is 3.95. The predicted octanol–water partition coefficient (Wildman–Crippen LogP) is 2.02. The molecule has 0 saturated heterocycles. The predicted molar refractivity (Wildman–Crippen MR) is 79.8 cm³/mol. The number of carboxylic acid groups (broad SMARTS) is 1. The van der Waals surface area contributed by atoms with Gasteiger partial charge in [-0.25, -0.2) is 18.4 Å². The van der Waals surface area contributed by atoms with Gasteiger partial charge in [0.2, 0.25) is 10.0 Å². The molecule has 0 aliphatic heterocycles. The summed E-state index contributed by atoms with van der Waals surface area (Å²) < 4.78 is 22.6. The van der Waals surface area contributed by atoms with Crippen LogP contribution in [-0.2, 0) is 10.0 Å². The molecule has 1 saturated carbocycles. The van der Waals surface area contributed by atoms with Crippen LogP contribution in [0.1, 0.15) is 43.0 Å². The van der Waals surface area contributed by atoms with Crippen LogP contribution in [0.15, 0.2) is 23.1 Å². The lowest BCUT2D eigenvalue weighted by molar-refractivity contribution is 0.0697. The Balaban J connectivity index is 2.28. The van der Waals surface area contributed by atoms with Crippen LogP contribution in [0.4, 0.5) is 5.69 Å². The van der Waals surface area contributed by atoms with Crippen LogP contribution >= 0.6 is 0 Å². The van der Waals surface area contributed by atoms with E-state index >= 15 is 0 Å². The molecule has 6 nitrogen and oxygen atoms in total. The van der Waals surface area contributed by atoms with Crippen LogP contribution in [0.3, 0.4) is 0 Å². The highest BCUT2D eigenvalue weighted by Crippen LogP contribution is 2.28. The summed E-state index contributed by atoms with van der Waals surface area (Å²) in [6, 6.07) is 4.12. The van der Waals surface area contributed by atoms with Gasteiger partial charge >= 0.3 is 5.97 Å². The number of hydrogen-bond donors (Lipinski definition) is 3. The molecular formula is C14H20N2O4S. The van der Waals surface area contributed by atoms with E-state index in [1.165, 1.54) is 18.6 Å². The molecule has 0 bridgehead atoms. The maximum atomic E-state index is 11.3. The lowest BCUT2D eigenvalue weighted by Crippen LogP contribution is -2.27. The quantitative estimate of drug-likeness (QED) is 0.788. The molecule has 1 aliphatic rings. The third-order valence-electron chi connectivity index (χ3n) is 3.85. The van der Waals surface area contributed by atoms with Crippen LogP contribution in [0.25, 0.3) is 0 Å². The van der Waals surface area contributed by atoms with E-state index in [0.717, 1.165) is 25.3 Å². The fraction of sp³-hybridized carbons (Fsp3) is 0.500.